The van der Waals surface area contributed by atoms with Crippen molar-refractivity contribution >= 4 is 34.9 Å². The molecule has 6 nitrogen and oxygen atoms in total. The first-order valence-electron chi connectivity index (χ1n) is 5.32. The Morgan fingerprint density at radius 2 is 2.39 bits per heavy atom. The maximum absolute atomic E-state index is 11.9. The highest BCUT2D eigenvalue weighted by molar-refractivity contribution is 6.33. The number of nitrogens with two attached hydrogens (primary N) is 1. The standard InChI is InChI=1S/C11H12ClN3O3/c1-18-11(17)6-4-8(16)15(5-6)9-7(13)2-3-14-10(9)12/h2-3,6H,4-5H2,1H3,(H2,13,14). The number of aromatic nitrogens is 1. The molecule has 96 valence electrons. The molecule has 1 amide bonds. The van der Waals surface area contributed by atoms with Crippen LogP contribution < -0.4 is 10.6 Å². The van der Waals surface area contributed by atoms with Gasteiger partial charge in [-0.1, -0.05) is 11.6 Å². The molecule has 1 aliphatic heterocycles. The smallest absolute Gasteiger partial charge is 0.311 e. The summed E-state index contributed by atoms with van der Waals surface area (Å²) in [5.74, 6) is -1.12. The number of halogens is 1. The monoisotopic (exact) mass is 269 g/mol. The zero-order valence-electron chi connectivity index (χ0n) is 9.72. The third kappa shape index (κ3) is 2.11. The van der Waals surface area contributed by atoms with Crippen LogP contribution in [0.25, 0.3) is 0 Å². The highest BCUT2D eigenvalue weighted by Gasteiger charge is 2.37. The van der Waals surface area contributed by atoms with Crippen LogP contribution in [-0.2, 0) is 14.3 Å². The molecule has 1 aliphatic rings. The second kappa shape index (κ2) is 4.81. The number of hydrogen-bond acceptors (Lipinski definition) is 5. The van der Waals surface area contributed by atoms with Gasteiger partial charge in [0.1, 0.15) is 5.69 Å². The summed E-state index contributed by atoms with van der Waals surface area (Å²) in [6, 6.07) is 1.56. The summed E-state index contributed by atoms with van der Waals surface area (Å²) in [6.07, 6.45) is 1.55. The number of hydrogen-bond donors (Lipinski definition) is 1. The molecule has 2 N–H and O–H groups in total. The molecule has 0 radical (unpaired) electrons. The van der Waals surface area contributed by atoms with Gasteiger partial charge in [-0.3, -0.25) is 9.59 Å². The summed E-state index contributed by atoms with van der Waals surface area (Å²) in [5, 5.41) is 0.147. The number of carbonyl (C=O) groups excluding carboxylic acids is 2. The van der Waals surface area contributed by atoms with E-state index in [-0.39, 0.29) is 24.0 Å². The van der Waals surface area contributed by atoms with Gasteiger partial charge < -0.3 is 15.4 Å². The third-order valence-corrected chi connectivity index (χ3v) is 3.12. The number of pyridine rings is 1. The number of methoxy groups -OCH3 is 1. The molecule has 0 saturated carbocycles. The normalized spacial score (nSPS) is 19.1. The fraction of sp³-hybridized carbons (Fsp3) is 0.364. The minimum atomic E-state index is -0.488. The molecule has 1 unspecified atom stereocenters. The largest absolute Gasteiger partial charge is 0.469 e. The summed E-state index contributed by atoms with van der Waals surface area (Å²) in [6.45, 7) is 0.209. The molecule has 0 aromatic carbocycles. The van der Waals surface area contributed by atoms with Crippen molar-refractivity contribution in [2.75, 3.05) is 24.3 Å². The first-order chi connectivity index (χ1) is 8.54. The maximum atomic E-state index is 11.9. The van der Waals surface area contributed by atoms with Gasteiger partial charge in [-0.05, 0) is 6.07 Å². The van der Waals surface area contributed by atoms with Crippen LogP contribution in [0.1, 0.15) is 6.42 Å². The van der Waals surface area contributed by atoms with Gasteiger partial charge in [-0.25, -0.2) is 4.98 Å². The maximum Gasteiger partial charge on any atom is 0.311 e. The van der Waals surface area contributed by atoms with Crippen LogP contribution in [0.4, 0.5) is 11.4 Å². The molecule has 2 rings (SSSR count). The lowest BCUT2D eigenvalue weighted by Crippen LogP contribution is -2.27. The Labute approximate surface area is 109 Å². The number of ether oxygens (including phenoxy) is 1. The molecule has 7 heteroatoms. The van der Waals surface area contributed by atoms with E-state index in [0.717, 1.165) is 0 Å². The molecule has 0 aliphatic carbocycles. The van der Waals surface area contributed by atoms with E-state index < -0.39 is 11.9 Å². The van der Waals surface area contributed by atoms with Crippen molar-refractivity contribution in [3.8, 4) is 0 Å². The molecule has 1 atom stereocenters. The van der Waals surface area contributed by atoms with Crippen LogP contribution in [-0.4, -0.2) is 30.5 Å². The SMILES string of the molecule is COC(=O)C1CC(=O)N(c2c(N)ccnc2Cl)C1. The zero-order valence-corrected chi connectivity index (χ0v) is 10.5. The Morgan fingerprint density at radius 1 is 1.67 bits per heavy atom. The highest BCUT2D eigenvalue weighted by Crippen LogP contribution is 2.34. The quantitative estimate of drug-likeness (QED) is 0.635. The van der Waals surface area contributed by atoms with Gasteiger partial charge in [-0.2, -0.15) is 0 Å². The molecule has 1 saturated heterocycles. The number of nitrogen functional groups attached to an aromatic ring is 1. The lowest BCUT2D eigenvalue weighted by molar-refractivity contribution is -0.145. The predicted octanol–water partition coefficient (Wildman–Crippen LogP) is 0.843. The van der Waals surface area contributed by atoms with Crippen LogP contribution >= 0.6 is 11.6 Å². The van der Waals surface area contributed by atoms with Crippen molar-refractivity contribution < 1.29 is 14.3 Å². The van der Waals surface area contributed by atoms with E-state index in [9.17, 15) is 9.59 Å². The van der Waals surface area contributed by atoms with Crippen molar-refractivity contribution in [3.63, 3.8) is 0 Å². The zero-order chi connectivity index (χ0) is 13.3. The predicted molar refractivity (Wildman–Crippen MR) is 66.1 cm³/mol. The highest BCUT2D eigenvalue weighted by atomic mass is 35.5. The van der Waals surface area contributed by atoms with Crippen LogP contribution in [0, 0.1) is 5.92 Å². The average Bonchev–Trinajstić information content (AvgIpc) is 2.70. The summed E-state index contributed by atoms with van der Waals surface area (Å²) in [4.78, 5) is 28.6. The van der Waals surface area contributed by atoms with Gasteiger partial charge in [0.05, 0.1) is 18.7 Å². The molecule has 18 heavy (non-hydrogen) atoms. The summed E-state index contributed by atoms with van der Waals surface area (Å²) in [7, 11) is 1.29. The minimum absolute atomic E-state index is 0.0946. The van der Waals surface area contributed by atoms with Gasteiger partial charge in [0, 0.05) is 19.2 Å². The second-order valence-corrected chi connectivity index (χ2v) is 4.33. The molecule has 0 bridgehead atoms. The first kappa shape index (κ1) is 12.6. The Morgan fingerprint density at radius 3 is 3.00 bits per heavy atom. The Balaban J connectivity index is 2.30. The number of nitrogens with zero attached hydrogens (tertiary/aromatic N) is 2. The molecule has 0 spiro atoms. The van der Waals surface area contributed by atoms with Gasteiger partial charge in [-0.15, -0.1) is 0 Å². The first-order valence-corrected chi connectivity index (χ1v) is 5.70. The Bertz CT molecular complexity index is 486. The molecular formula is C11H12ClN3O3. The fourth-order valence-electron chi connectivity index (χ4n) is 1.96. The van der Waals surface area contributed by atoms with Crippen LogP contribution in [0.3, 0.4) is 0 Å². The van der Waals surface area contributed by atoms with Crippen molar-refractivity contribution in [2.24, 2.45) is 5.92 Å². The van der Waals surface area contributed by atoms with Crippen LogP contribution in [0.5, 0.6) is 0 Å². The van der Waals surface area contributed by atoms with Gasteiger partial charge in [0.2, 0.25) is 5.91 Å². The van der Waals surface area contributed by atoms with E-state index in [2.05, 4.69) is 9.72 Å². The Hall–Kier alpha value is -1.82. The summed E-state index contributed by atoms with van der Waals surface area (Å²) in [5.41, 5.74) is 6.50. The summed E-state index contributed by atoms with van der Waals surface area (Å²) < 4.78 is 4.63. The number of anilines is 2. The van der Waals surface area contributed by atoms with E-state index in [1.165, 1.54) is 18.2 Å². The van der Waals surface area contributed by atoms with E-state index in [4.69, 9.17) is 17.3 Å². The number of esters is 1. The molecule has 1 fully saturated rings. The molecular weight excluding hydrogens is 258 g/mol. The third-order valence-electron chi connectivity index (χ3n) is 2.84. The van der Waals surface area contributed by atoms with E-state index in [1.54, 1.807) is 6.07 Å². The second-order valence-electron chi connectivity index (χ2n) is 3.97. The summed E-state index contributed by atoms with van der Waals surface area (Å²) >= 11 is 5.93. The number of carbonyl (C=O) groups is 2. The van der Waals surface area contributed by atoms with E-state index in [0.29, 0.717) is 11.4 Å². The van der Waals surface area contributed by atoms with Crippen LogP contribution in [0.2, 0.25) is 5.15 Å². The lowest BCUT2D eigenvalue weighted by Gasteiger charge is -2.19. The molecule has 1 aromatic rings. The molecule has 2 heterocycles. The van der Waals surface area contributed by atoms with Gasteiger partial charge in [0.15, 0.2) is 5.15 Å². The minimum Gasteiger partial charge on any atom is -0.469 e. The van der Waals surface area contributed by atoms with Crippen molar-refractivity contribution in [1.82, 2.24) is 4.98 Å². The molecule has 1 aromatic heterocycles. The fourth-order valence-corrected chi connectivity index (χ4v) is 2.23. The van der Waals surface area contributed by atoms with Crippen molar-refractivity contribution in [1.29, 1.82) is 0 Å². The van der Waals surface area contributed by atoms with Crippen molar-refractivity contribution in [2.45, 2.75) is 6.42 Å². The van der Waals surface area contributed by atoms with E-state index in [1.807, 2.05) is 0 Å². The topological polar surface area (TPSA) is 85.5 Å². The Kier molecular flexibility index (Phi) is 3.38. The van der Waals surface area contributed by atoms with E-state index >= 15 is 0 Å². The lowest BCUT2D eigenvalue weighted by atomic mass is 10.1. The average molecular weight is 270 g/mol. The van der Waals surface area contributed by atoms with Crippen LogP contribution in [0.15, 0.2) is 12.3 Å². The number of rotatable bonds is 2. The van der Waals surface area contributed by atoms with Crippen molar-refractivity contribution in [3.05, 3.63) is 17.4 Å². The van der Waals surface area contributed by atoms with Gasteiger partial charge >= 0.3 is 5.97 Å². The number of amides is 1. The van der Waals surface area contributed by atoms with Gasteiger partial charge in [0.25, 0.3) is 0 Å².